The molecule has 4 rings (SSSR count). The van der Waals surface area contributed by atoms with Crippen LogP contribution in [0.4, 0.5) is 17.2 Å². The van der Waals surface area contributed by atoms with E-state index in [-0.39, 0.29) is 11.8 Å². The van der Waals surface area contributed by atoms with Crippen molar-refractivity contribution in [1.82, 2.24) is 15.3 Å². The Hall–Kier alpha value is -3.78. The van der Waals surface area contributed by atoms with Gasteiger partial charge in [0.1, 0.15) is 4.83 Å². The Morgan fingerprint density at radius 3 is 2.63 bits per heavy atom. The van der Waals surface area contributed by atoms with Crippen LogP contribution in [-0.2, 0) is 0 Å². The van der Waals surface area contributed by atoms with Crippen LogP contribution in [0.2, 0.25) is 0 Å². The molecule has 0 bridgehead atoms. The number of para-hydroxylation sites is 1. The average molecular weight is 417 g/mol. The van der Waals surface area contributed by atoms with Gasteiger partial charge in [-0.1, -0.05) is 18.2 Å². The van der Waals surface area contributed by atoms with Crippen LogP contribution in [0.3, 0.4) is 0 Å². The Balaban J connectivity index is 1.71. The van der Waals surface area contributed by atoms with Crippen molar-refractivity contribution < 1.29 is 9.59 Å². The van der Waals surface area contributed by atoms with E-state index in [0.29, 0.717) is 22.6 Å². The fraction of sp³-hybridized carbons (Fsp3) is 0.0909. The molecule has 0 fully saturated rings. The number of aromatic nitrogens is 2. The summed E-state index contributed by atoms with van der Waals surface area (Å²) in [5.41, 5.74) is 3.17. The van der Waals surface area contributed by atoms with Gasteiger partial charge in [-0.25, -0.2) is 9.97 Å². The fourth-order valence-electron chi connectivity index (χ4n) is 3.00. The molecule has 0 unspecified atom stereocenters. The number of nitrogens with one attached hydrogen (secondary N) is 3. The van der Waals surface area contributed by atoms with Crippen molar-refractivity contribution in [2.75, 3.05) is 17.7 Å². The summed E-state index contributed by atoms with van der Waals surface area (Å²) >= 11 is 1.41. The average Bonchev–Trinajstić information content (AvgIpc) is 3.20. The standard InChI is InChI=1S/C22H19N5O2S/c1-13-6-3-4-8-17(13)26-19-18(10-14(11-25-19)20(28)23-2)27-21(29)16-12-30-22-15(16)7-5-9-24-22/h3-12H,1-2H3,(H,23,28)(H,25,26)(H,27,29). The number of nitrogens with zero attached hydrogens (tertiary/aromatic N) is 2. The normalized spacial score (nSPS) is 10.6. The number of rotatable bonds is 5. The van der Waals surface area contributed by atoms with E-state index in [4.69, 9.17) is 0 Å². The lowest BCUT2D eigenvalue weighted by atomic mass is 10.1. The van der Waals surface area contributed by atoms with Gasteiger partial charge < -0.3 is 16.0 Å². The van der Waals surface area contributed by atoms with Gasteiger partial charge in [-0.15, -0.1) is 11.3 Å². The first kappa shape index (κ1) is 19.5. The van der Waals surface area contributed by atoms with Gasteiger partial charge in [0.25, 0.3) is 11.8 Å². The predicted octanol–water partition coefficient (Wildman–Crippen LogP) is 4.36. The van der Waals surface area contributed by atoms with Crippen molar-refractivity contribution in [1.29, 1.82) is 0 Å². The van der Waals surface area contributed by atoms with Crippen LogP contribution in [0.5, 0.6) is 0 Å². The zero-order valence-corrected chi connectivity index (χ0v) is 17.2. The van der Waals surface area contributed by atoms with Gasteiger partial charge in [0, 0.05) is 35.9 Å². The summed E-state index contributed by atoms with van der Waals surface area (Å²) in [6, 6.07) is 13.0. The molecule has 150 valence electrons. The first-order chi connectivity index (χ1) is 14.6. The van der Waals surface area contributed by atoms with E-state index in [2.05, 4.69) is 25.9 Å². The molecule has 2 amide bonds. The third-order valence-corrected chi connectivity index (χ3v) is 5.52. The largest absolute Gasteiger partial charge is 0.355 e. The monoisotopic (exact) mass is 417 g/mol. The molecule has 0 atom stereocenters. The zero-order valence-electron chi connectivity index (χ0n) is 16.4. The van der Waals surface area contributed by atoms with Crippen LogP contribution in [0.1, 0.15) is 26.3 Å². The Morgan fingerprint density at radius 1 is 1.00 bits per heavy atom. The lowest BCUT2D eigenvalue weighted by Gasteiger charge is -2.15. The number of aryl methyl sites for hydroxylation is 1. The number of hydrogen-bond acceptors (Lipinski definition) is 6. The second-order valence-electron chi connectivity index (χ2n) is 6.60. The maximum atomic E-state index is 13.0. The summed E-state index contributed by atoms with van der Waals surface area (Å²) < 4.78 is 0. The van der Waals surface area contributed by atoms with Crippen LogP contribution >= 0.6 is 11.3 Å². The summed E-state index contributed by atoms with van der Waals surface area (Å²) in [7, 11) is 1.55. The molecule has 0 aliphatic rings. The Morgan fingerprint density at radius 2 is 1.83 bits per heavy atom. The second kappa shape index (κ2) is 8.30. The van der Waals surface area contributed by atoms with Crippen LogP contribution in [-0.4, -0.2) is 28.8 Å². The number of pyridine rings is 2. The number of benzene rings is 1. The van der Waals surface area contributed by atoms with Crippen LogP contribution in [0.25, 0.3) is 10.2 Å². The van der Waals surface area contributed by atoms with Gasteiger partial charge >= 0.3 is 0 Å². The van der Waals surface area contributed by atoms with E-state index in [1.807, 2.05) is 37.3 Å². The number of hydrogen-bond donors (Lipinski definition) is 3. The molecule has 0 radical (unpaired) electrons. The molecule has 0 spiro atoms. The molecule has 4 aromatic rings. The highest BCUT2D eigenvalue weighted by atomic mass is 32.1. The third-order valence-electron chi connectivity index (χ3n) is 4.62. The molecule has 3 aromatic heterocycles. The molecule has 0 saturated heterocycles. The maximum absolute atomic E-state index is 13.0. The van der Waals surface area contributed by atoms with E-state index in [0.717, 1.165) is 21.5 Å². The van der Waals surface area contributed by atoms with Gasteiger partial charge in [0.2, 0.25) is 0 Å². The van der Waals surface area contributed by atoms with Crippen molar-refractivity contribution in [2.24, 2.45) is 0 Å². The molecule has 7 nitrogen and oxygen atoms in total. The molecule has 3 N–H and O–H groups in total. The highest BCUT2D eigenvalue weighted by Gasteiger charge is 2.17. The number of anilines is 3. The number of thiophene rings is 1. The molecule has 0 saturated carbocycles. The first-order valence-electron chi connectivity index (χ1n) is 9.25. The van der Waals surface area contributed by atoms with Gasteiger partial charge in [-0.2, -0.15) is 0 Å². The van der Waals surface area contributed by atoms with Crippen molar-refractivity contribution >= 4 is 50.6 Å². The molecule has 8 heteroatoms. The number of carbonyl (C=O) groups excluding carboxylic acids is 2. The maximum Gasteiger partial charge on any atom is 0.257 e. The zero-order chi connectivity index (χ0) is 21.1. The lowest BCUT2D eigenvalue weighted by Crippen LogP contribution is -2.19. The van der Waals surface area contributed by atoms with Gasteiger partial charge in [0.15, 0.2) is 5.82 Å². The van der Waals surface area contributed by atoms with Crippen LogP contribution < -0.4 is 16.0 Å². The van der Waals surface area contributed by atoms with Crippen molar-refractivity contribution in [3.8, 4) is 0 Å². The minimum Gasteiger partial charge on any atom is -0.355 e. The molecular formula is C22H19N5O2S. The van der Waals surface area contributed by atoms with Crippen LogP contribution in [0.15, 0.2) is 60.2 Å². The third kappa shape index (κ3) is 3.85. The minimum atomic E-state index is -0.294. The van der Waals surface area contributed by atoms with Crippen molar-refractivity contribution in [3.63, 3.8) is 0 Å². The summed E-state index contributed by atoms with van der Waals surface area (Å²) in [6.07, 6.45) is 3.17. The summed E-state index contributed by atoms with van der Waals surface area (Å²) in [6.45, 7) is 1.98. The number of amides is 2. The van der Waals surface area contributed by atoms with Crippen LogP contribution in [0, 0.1) is 6.92 Å². The van der Waals surface area contributed by atoms with Gasteiger partial charge in [-0.3, -0.25) is 9.59 Å². The molecule has 1 aromatic carbocycles. The molecule has 0 aliphatic heterocycles. The Labute approximate surface area is 177 Å². The molecule has 0 aliphatic carbocycles. The molecule has 3 heterocycles. The lowest BCUT2D eigenvalue weighted by molar-refractivity contribution is 0.0961. The predicted molar refractivity (Wildman–Crippen MR) is 120 cm³/mol. The number of fused-ring (bicyclic) bond motifs is 1. The fourth-order valence-corrected chi connectivity index (χ4v) is 3.89. The Bertz CT molecular complexity index is 1250. The van der Waals surface area contributed by atoms with E-state index in [9.17, 15) is 9.59 Å². The molecular weight excluding hydrogens is 398 g/mol. The van der Waals surface area contributed by atoms with E-state index in [1.165, 1.54) is 17.5 Å². The van der Waals surface area contributed by atoms with E-state index < -0.39 is 0 Å². The highest BCUT2D eigenvalue weighted by Crippen LogP contribution is 2.29. The van der Waals surface area contributed by atoms with Crippen molar-refractivity contribution in [3.05, 3.63) is 76.9 Å². The van der Waals surface area contributed by atoms with Gasteiger partial charge in [-0.05, 0) is 36.8 Å². The minimum absolute atomic E-state index is 0.286. The van der Waals surface area contributed by atoms with Crippen molar-refractivity contribution in [2.45, 2.75) is 6.92 Å². The Kier molecular flexibility index (Phi) is 5.40. The smallest absolute Gasteiger partial charge is 0.257 e. The number of carbonyl (C=O) groups is 2. The summed E-state index contributed by atoms with van der Waals surface area (Å²) in [5.74, 6) is -0.133. The van der Waals surface area contributed by atoms with E-state index >= 15 is 0 Å². The summed E-state index contributed by atoms with van der Waals surface area (Å²) in [4.78, 5) is 34.6. The first-order valence-corrected chi connectivity index (χ1v) is 10.1. The second-order valence-corrected chi connectivity index (χ2v) is 7.46. The quantitative estimate of drug-likeness (QED) is 0.448. The SMILES string of the molecule is CNC(=O)c1cnc(Nc2ccccc2C)c(NC(=O)c2csc3ncccc23)c1. The van der Waals surface area contributed by atoms with E-state index in [1.54, 1.807) is 30.8 Å². The summed E-state index contributed by atoms with van der Waals surface area (Å²) in [5, 5.41) is 11.3. The topological polar surface area (TPSA) is 96.0 Å². The highest BCUT2D eigenvalue weighted by molar-refractivity contribution is 7.17. The van der Waals surface area contributed by atoms with Gasteiger partial charge in [0.05, 0.1) is 16.8 Å². The molecule has 30 heavy (non-hydrogen) atoms.